The molecule has 0 radical (unpaired) electrons. The lowest BCUT2D eigenvalue weighted by atomic mass is 9.80. The molecule has 1 heteroatoms. The standard InChI is InChI=1S/C20H31N/c1-3-21-14-17(12-18-7-5-4-6-15(18)2)13-20-11-16-8-9-19(20)10-16/h4-7,16-17,19-21H,3,8-14H2,1-2H3. The van der Waals surface area contributed by atoms with Crippen LogP contribution in [0.25, 0.3) is 0 Å². The molecule has 0 spiro atoms. The molecular formula is C20H31N. The van der Waals surface area contributed by atoms with Crippen molar-refractivity contribution in [2.24, 2.45) is 23.7 Å². The molecule has 0 aliphatic heterocycles. The third kappa shape index (κ3) is 3.69. The zero-order valence-corrected chi connectivity index (χ0v) is 13.8. The molecule has 2 fully saturated rings. The van der Waals surface area contributed by atoms with Crippen molar-refractivity contribution in [3.63, 3.8) is 0 Å². The van der Waals surface area contributed by atoms with E-state index in [0.29, 0.717) is 0 Å². The van der Waals surface area contributed by atoms with Crippen molar-refractivity contribution in [1.29, 1.82) is 0 Å². The van der Waals surface area contributed by atoms with Gasteiger partial charge in [-0.3, -0.25) is 0 Å². The van der Waals surface area contributed by atoms with Gasteiger partial charge >= 0.3 is 0 Å². The SMILES string of the molecule is CCNCC(Cc1ccccc1C)CC1CC2CCC1C2. The van der Waals surface area contributed by atoms with Crippen molar-refractivity contribution in [1.82, 2.24) is 5.32 Å². The average Bonchev–Trinajstić information content (AvgIpc) is 3.09. The van der Waals surface area contributed by atoms with Crippen LogP contribution in [0, 0.1) is 30.6 Å². The fourth-order valence-electron chi connectivity index (χ4n) is 4.83. The predicted molar refractivity (Wildman–Crippen MR) is 90.5 cm³/mol. The molecule has 0 heterocycles. The minimum Gasteiger partial charge on any atom is -0.317 e. The van der Waals surface area contributed by atoms with E-state index in [9.17, 15) is 0 Å². The number of hydrogen-bond donors (Lipinski definition) is 1. The van der Waals surface area contributed by atoms with E-state index in [1.54, 1.807) is 12.0 Å². The predicted octanol–water partition coefficient (Wildman–Crippen LogP) is 4.59. The number of fused-ring (bicyclic) bond motifs is 2. The lowest BCUT2D eigenvalue weighted by Gasteiger charge is -2.27. The molecule has 0 aromatic heterocycles. The maximum Gasteiger partial charge on any atom is -0.00173 e. The molecule has 1 aromatic rings. The summed E-state index contributed by atoms with van der Waals surface area (Å²) in [6, 6.07) is 8.95. The first-order valence-corrected chi connectivity index (χ1v) is 9.01. The summed E-state index contributed by atoms with van der Waals surface area (Å²) >= 11 is 0. The summed E-state index contributed by atoms with van der Waals surface area (Å²) in [6.45, 7) is 6.78. The number of aryl methyl sites for hydroxylation is 1. The molecule has 1 nitrogen and oxygen atoms in total. The minimum absolute atomic E-state index is 0.815. The molecule has 0 saturated heterocycles. The van der Waals surface area contributed by atoms with Crippen LogP contribution < -0.4 is 5.32 Å². The summed E-state index contributed by atoms with van der Waals surface area (Å²) in [7, 11) is 0. The van der Waals surface area contributed by atoms with Gasteiger partial charge in [-0.15, -0.1) is 0 Å². The van der Waals surface area contributed by atoms with Gasteiger partial charge in [0.1, 0.15) is 0 Å². The molecule has 1 N–H and O–H groups in total. The highest BCUT2D eigenvalue weighted by molar-refractivity contribution is 5.26. The third-order valence-corrected chi connectivity index (χ3v) is 5.97. The van der Waals surface area contributed by atoms with Crippen molar-refractivity contribution in [2.45, 2.75) is 52.4 Å². The second kappa shape index (κ2) is 6.96. The Labute approximate surface area is 130 Å². The van der Waals surface area contributed by atoms with E-state index in [1.165, 1.54) is 44.2 Å². The Balaban J connectivity index is 1.62. The van der Waals surface area contributed by atoms with Gasteiger partial charge in [0, 0.05) is 0 Å². The maximum absolute atomic E-state index is 3.61. The first kappa shape index (κ1) is 15.1. The van der Waals surface area contributed by atoms with E-state index >= 15 is 0 Å². The molecule has 2 aliphatic carbocycles. The van der Waals surface area contributed by atoms with Gasteiger partial charge in [0.05, 0.1) is 0 Å². The van der Waals surface area contributed by atoms with Crippen LogP contribution in [0.15, 0.2) is 24.3 Å². The van der Waals surface area contributed by atoms with E-state index in [4.69, 9.17) is 0 Å². The van der Waals surface area contributed by atoms with Crippen LogP contribution in [0.2, 0.25) is 0 Å². The summed E-state index contributed by atoms with van der Waals surface area (Å²) in [5, 5.41) is 3.61. The van der Waals surface area contributed by atoms with Gasteiger partial charge in [-0.25, -0.2) is 0 Å². The maximum atomic E-state index is 3.61. The summed E-state index contributed by atoms with van der Waals surface area (Å²) in [6.07, 6.45) is 8.82. The van der Waals surface area contributed by atoms with Crippen LogP contribution in [0.4, 0.5) is 0 Å². The molecule has 4 unspecified atom stereocenters. The summed E-state index contributed by atoms with van der Waals surface area (Å²) < 4.78 is 0. The molecule has 2 bridgehead atoms. The highest BCUT2D eigenvalue weighted by Crippen LogP contribution is 2.50. The zero-order chi connectivity index (χ0) is 14.7. The Morgan fingerprint density at radius 3 is 2.71 bits per heavy atom. The summed E-state index contributed by atoms with van der Waals surface area (Å²) in [4.78, 5) is 0. The van der Waals surface area contributed by atoms with Crippen LogP contribution in [0.1, 0.15) is 50.2 Å². The number of hydrogen-bond acceptors (Lipinski definition) is 1. The van der Waals surface area contributed by atoms with E-state index in [2.05, 4.69) is 43.4 Å². The fourth-order valence-corrected chi connectivity index (χ4v) is 4.83. The van der Waals surface area contributed by atoms with Gasteiger partial charge in [0.2, 0.25) is 0 Å². The topological polar surface area (TPSA) is 12.0 Å². The van der Waals surface area contributed by atoms with Crippen LogP contribution in [-0.2, 0) is 6.42 Å². The second-order valence-corrected chi connectivity index (χ2v) is 7.47. The van der Waals surface area contributed by atoms with Crippen LogP contribution >= 0.6 is 0 Å². The summed E-state index contributed by atoms with van der Waals surface area (Å²) in [5.41, 5.74) is 3.02. The van der Waals surface area contributed by atoms with Crippen molar-refractivity contribution in [2.75, 3.05) is 13.1 Å². The van der Waals surface area contributed by atoms with Crippen molar-refractivity contribution in [3.05, 3.63) is 35.4 Å². The molecule has 2 aliphatic rings. The van der Waals surface area contributed by atoms with Crippen molar-refractivity contribution in [3.8, 4) is 0 Å². The van der Waals surface area contributed by atoms with Crippen LogP contribution in [0.5, 0.6) is 0 Å². The highest BCUT2D eigenvalue weighted by Gasteiger charge is 2.39. The van der Waals surface area contributed by atoms with Gasteiger partial charge in [-0.05, 0) is 86.9 Å². The lowest BCUT2D eigenvalue weighted by Crippen LogP contribution is -2.27. The monoisotopic (exact) mass is 285 g/mol. The third-order valence-electron chi connectivity index (χ3n) is 5.97. The largest absolute Gasteiger partial charge is 0.317 e. The van der Waals surface area contributed by atoms with E-state index in [-0.39, 0.29) is 0 Å². The van der Waals surface area contributed by atoms with Crippen molar-refractivity contribution < 1.29 is 0 Å². The van der Waals surface area contributed by atoms with Gasteiger partial charge in [-0.1, -0.05) is 37.6 Å². The number of rotatable bonds is 7. The summed E-state index contributed by atoms with van der Waals surface area (Å²) in [5.74, 6) is 3.99. The van der Waals surface area contributed by atoms with Crippen molar-refractivity contribution >= 4 is 0 Å². The Morgan fingerprint density at radius 1 is 1.19 bits per heavy atom. The van der Waals surface area contributed by atoms with Gasteiger partial charge < -0.3 is 5.32 Å². The Bertz CT molecular complexity index is 453. The van der Waals surface area contributed by atoms with Crippen LogP contribution in [0.3, 0.4) is 0 Å². The first-order chi connectivity index (χ1) is 10.3. The smallest absolute Gasteiger partial charge is 0.00173 e. The molecule has 4 atom stereocenters. The quantitative estimate of drug-likeness (QED) is 0.772. The first-order valence-electron chi connectivity index (χ1n) is 9.01. The number of nitrogens with one attached hydrogen (secondary N) is 1. The zero-order valence-electron chi connectivity index (χ0n) is 13.8. The second-order valence-electron chi connectivity index (χ2n) is 7.47. The van der Waals surface area contributed by atoms with Gasteiger partial charge in [0.15, 0.2) is 0 Å². The molecule has 21 heavy (non-hydrogen) atoms. The molecule has 0 amide bonds. The highest BCUT2D eigenvalue weighted by atomic mass is 14.8. The molecule has 116 valence electrons. The Kier molecular flexibility index (Phi) is 5.00. The van der Waals surface area contributed by atoms with Gasteiger partial charge in [0.25, 0.3) is 0 Å². The molecule has 1 aromatic carbocycles. The normalized spacial score (nSPS) is 29.0. The van der Waals surface area contributed by atoms with Crippen LogP contribution in [-0.4, -0.2) is 13.1 Å². The Morgan fingerprint density at radius 2 is 2.05 bits per heavy atom. The molecular weight excluding hydrogens is 254 g/mol. The Hall–Kier alpha value is -0.820. The average molecular weight is 285 g/mol. The van der Waals surface area contributed by atoms with Gasteiger partial charge in [-0.2, -0.15) is 0 Å². The van der Waals surface area contributed by atoms with E-state index < -0.39 is 0 Å². The fraction of sp³-hybridized carbons (Fsp3) is 0.700. The lowest BCUT2D eigenvalue weighted by molar-refractivity contribution is 0.262. The van der Waals surface area contributed by atoms with E-state index in [1.807, 2.05) is 0 Å². The minimum atomic E-state index is 0.815. The molecule has 2 saturated carbocycles. The van der Waals surface area contributed by atoms with E-state index in [0.717, 1.165) is 30.2 Å². The number of benzene rings is 1. The molecule has 3 rings (SSSR count).